The molecule has 0 unspecified atom stereocenters. The number of carbonyl (C=O) groups excluding carboxylic acids is 2. The van der Waals surface area contributed by atoms with Crippen molar-refractivity contribution in [3.05, 3.63) is 52.2 Å². The number of aromatic nitrogens is 3. The molecule has 5 N–H and O–H groups in total. The average molecular weight is 603 g/mol. The van der Waals surface area contributed by atoms with E-state index in [4.69, 9.17) is 5.14 Å². The summed E-state index contributed by atoms with van der Waals surface area (Å²) < 4.78 is 23.1. The van der Waals surface area contributed by atoms with E-state index in [0.29, 0.717) is 49.8 Å². The van der Waals surface area contributed by atoms with Gasteiger partial charge in [0.15, 0.2) is 5.13 Å². The number of nitrogens with two attached hydrogens (primary N) is 1. The number of aryl methyl sites for hydroxylation is 1. The molecule has 0 spiro atoms. The van der Waals surface area contributed by atoms with Crippen LogP contribution in [-0.4, -0.2) is 82.2 Å². The maximum absolute atomic E-state index is 13.2. The first-order valence-corrected chi connectivity index (χ1v) is 15.0. The number of rotatable bonds is 9. The first-order chi connectivity index (χ1) is 19.4. The van der Waals surface area contributed by atoms with E-state index in [9.17, 15) is 27.9 Å². The lowest BCUT2D eigenvalue weighted by Gasteiger charge is -2.21. The summed E-state index contributed by atoms with van der Waals surface area (Å²) in [4.78, 5) is 53.0. The standard InChI is InChI=1S/C25H30N8O6S2/c1-15-22(23(36)37)40-25(28-15)31-24-29-18(13-21(35)33-9-3-8-32(10-11-33)16(2)34)12-20(30-24)27-14-17-4-6-19(7-5-17)41(26,38)39/h4-7,12H,3,8-11,13-14H2,1-2H3,(H,36,37)(H2,26,38,39)(H2,27,28,29,30,31). The van der Waals surface area contributed by atoms with Gasteiger partial charge in [0, 0.05) is 45.7 Å². The molecule has 0 radical (unpaired) electrons. The van der Waals surface area contributed by atoms with E-state index in [1.165, 1.54) is 19.1 Å². The van der Waals surface area contributed by atoms with Crippen molar-refractivity contribution in [1.82, 2.24) is 24.8 Å². The number of aromatic carboxylic acids is 1. The number of primary sulfonamides is 1. The molecule has 1 aliphatic rings. The molecule has 0 saturated carbocycles. The first kappa shape index (κ1) is 29.8. The van der Waals surface area contributed by atoms with Gasteiger partial charge in [0.05, 0.1) is 22.7 Å². The first-order valence-electron chi connectivity index (χ1n) is 12.6. The highest BCUT2D eigenvalue weighted by atomic mass is 32.2. The van der Waals surface area contributed by atoms with Gasteiger partial charge in [-0.05, 0) is 31.0 Å². The van der Waals surface area contributed by atoms with Crippen LogP contribution >= 0.6 is 11.3 Å². The van der Waals surface area contributed by atoms with Crippen molar-refractivity contribution in [3.63, 3.8) is 0 Å². The summed E-state index contributed by atoms with van der Waals surface area (Å²) in [6.07, 6.45) is 0.653. The van der Waals surface area contributed by atoms with Crippen LogP contribution in [0.25, 0.3) is 0 Å². The maximum Gasteiger partial charge on any atom is 0.347 e. The normalized spacial score (nSPS) is 13.9. The smallest absolute Gasteiger partial charge is 0.347 e. The van der Waals surface area contributed by atoms with Crippen LogP contribution in [0.15, 0.2) is 35.2 Å². The van der Waals surface area contributed by atoms with Gasteiger partial charge in [-0.3, -0.25) is 14.9 Å². The Labute approximate surface area is 240 Å². The van der Waals surface area contributed by atoms with Gasteiger partial charge in [0.1, 0.15) is 10.7 Å². The second-order valence-corrected chi connectivity index (χ2v) is 12.0. The van der Waals surface area contributed by atoms with Gasteiger partial charge in [-0.2, -0.15) is 4.98 Å². The number of nitrogens with one attached hydrogen (secondary N) is 2. The van der Waals surface area contributed by atoms with Gasteiger partial charge in [0.2, 0.25) is 27.8 Å². The Balaban J connectivity index is 1.54. The van der Waals surface area contributed by atoms with Gasteiger partial charge < -0.3 is 20.2 Å². The number of benzene rings is 1. The fourth-order valence-corrected chi connectivity index (χ4v) is 5.53. The number of sulfonamides is 1. The Morgan fingerprint density at radius 2 is 1.73 bits per heavy atom. The molecule has 41 heavy (non-hydrogen) atoms. The minimum absolute atomic E-state index is 0.00465. The number of amides is 2. The minimum Gasteiger partial charge on any atom is -0.477 e. The van der Waals surface area contributed by atoms with Crippen molar-refractivity contribution in [2.24, 2.45) is 5.14 Å². The summed E-state index contributed by atoms with van der Waals surface area (Å²) in [5.74, 6) is -0.769. The molecule has 3 aromatic rings. The van der Waals surface area contributed by atoms with Crippen LogP contribution in [0.1, 0.15) is 40.0 Å². The fraction of sp³-hybridized carbons (Fsp3) is 0.360. The van der Waals surface area contributed by atoms with Crippen LogP contribution in [0.3, 0.4) is 0 Å². The van der Waals surface area contributed by atoms with Crippen molar-refractivity contribution in [2.45, 2.75) is 38.1 Å². The monoisotopic (exact) mass is 602 g/mol. The Kier molecular flexibility index (Phi) is 9.14. The second kappa shape index (κ2) is 12.6. The summed E-state index contributed by atoms with van der Waals surface area (Å²) in [7, 11) is -3.81. The van der Waals surface area contributed by atoms with Gasteiger partial charge in [0.25, 0.3) is 0 Å². The predicted molar refractivity (Wildman–Crippen MR) is 151 cm³/mol. The molecule has 16 heteroatoms. The predicted octanol–water partition coefficient (Wildman–Crippen LogP) is 1.57. The summed E-state index contributed by atoms with van der Waals surface area (Å²) in [6, 6.07) is 7.68. The molecule has 0 aliphatic carbocycles. The maximum atomic E-state index is 13.2. The highest BCUT2D eigenvalue weighted by Crippen LogP contribution is 2.25. The third-order valence-electron chi connectivity index (χ3n) is 6.34. The Hall–Kier alpha value is -4.15. The number of carboxylic acids is 1. The zero-order valence-corrected chi connectivity index (χ0v) is 24.1. The van der Waals surface area contributed by atoms with Crippen molar-refractivity contribution in [2.75, 3.05) is 36.8 Å². The molecule has 1 saturated heterocycles. The van der Waals surface area contributed by atoms with Crippen LogP contribution in [-0.2, 0) is 32.6 Å². The van der Waals surface area contributed by atoms with E-state index >= 15 is 0 Å². The summed E-state index contributed by atoms with van der Waals surface area (Å²) in [5, 5.41) is 20.9. The molecule has 1 aliphatic heterocycles. The van der Waals surface area contributed by atoms with E-state index in [1.807, 2.05) is 0 Å². The summed E-state index contributed by atoms with van der Waals surface area (Å²) in [6.45, 7) is 5.38. The quantitative estimate of drug-likeness (QED) is 0.277. The zero-order chi connectivity index (χ0) is 29.7. The Morgan fingerprint density at radius 3 is 2.37 bits per heavy atom. The van der Waals surface area contributed by atoms with Crippen molar-refractivity contribution >= 4 is 56.0 Å². The fourth-order valence-electron chi connectivity index (χ4n) is 4.22. The third-order valence-corrected chi connectivity index (χ3v) is 8.33. The van der Waals surface area contributed by atoms with E-state index in [-0.39, 0.29) is 45.6 Å². The Bertz CT molecular complexity index is 1560. The highest BCUT2D eigenvalue weighted by molar-refractivity contribution is 7.89. The van der Waals surface area contributed by atoms with E-state index in [1.54, 1.807) is 34.9 Å². The van der Waals surface area contributed by atoms with Gasteiger partial charge in [-0.15, -0.1) is 0 Å². The highest BCUT2D eigenvalue weighted by Gasteiger charge is 2.22. The molecule has 218 valence electrons. The average Bonchev–Trinajstić information content (AvgIpc) is 3.10. The SMILES string of the molecule is CC(=O)N1CCCN(C(=O)Cc2cc(NCc3ccc(S(N)(=O)=O)cc3)nc(Nc3nc(C)c(C(=O)O)s3)n2)CC1. The molecule has 0 atom stereocenters. The molecule has 2 aromatic heterocycles. The summed E-state index contributed by atoms with van der Waals surface area (Å²) in [5.41, 5.74) is 1.52. The van der Waals surface area contributed by atoms with E-state index in [2.05, 4.69) is 25.6 Å². The van der Waals surface area contributed by atoms with E-state index in [0.717, 1.165) is 16.9 Å². The molecule has 3 heterocycles. The Morgan fingerprint density at radius 1 is 1.05 bits per heavy atom. The molecule has 0 bridgehead atoms. The number of anilines is 3. The second-order valence-electron chi connectivity index (χ2n) is 9.39. The lowest BCUT2D eigenvalue weighted by molar-refractivity contribution is -0.132. The lowest BCUT2D eigenvalue weighted by Crippen LogP contribution is -2.37. The minimum atomic E-state index is -3.81. The topological polar surface area (TPSA) is 201 Å². The van der Waals surface area contributed by atoms with E-state index < -0.39 is 16.0 Å². The molecule has 4 rings (SSSR count). The molecule has 1 fully saturated rings. The number of carboxylic acid groups (broad SMARTS) is 1. The van der Waals surface area contributed by atoms with Crippen LogP contribution in [0.4, 0.5) is 16.9 Å². The van der Waals surface area contributed by atoms with Crippen LogP contribution in [0.2, 0.25) is 0 Å². The van der Waals surface area contributed by atoms with Gasteiger partial charge in [-0.25, -0.2) is 28.3 Å². The number of hydrogen-bond acceptors (Lipinski definition) is 11. The van der Waals surface area contributed by atoms with Crippen LogP contribution in [0, 0.1) is 6.92 Å². The molecule has 1 aromatic carbocycles. The van der Waals surface area contributed by atoms with Crippen molar-refractivity contribution in [3.8, 4) is 0 Å². The number of thiazole rings is 1. The third kappa shape index (κ3) is 7.96. The van der Waals surface area contributed by atoms with Gasteiger partial charge >= 0.3 is 5.97 Å². The largest absolute Gasteiger partial charge is 0.477 e. The number of nitrogens with zero attached hydrogens (tertiary/aromatic N) is 5. The number of carbonyl (C=O) groups is 3. The van der Waals surface area contributed by atoms with Gasteiger partial charge in [-0.1, -0.05) is 23.5 Å². The zero-order valence-electron chi connectivity index (χ0n) is 22.5. The molecular weight excluding hydrogens is 572 g/mol. The molecular formula is C25H30N8O6S2. The molecule has 14 nitrogen and oxygen atoms in total. The van der Waals surface area contributed by atoms with Crippen molar-refractivity contribution in [1.29, 1.82) is 0 Å². The number of hydrogen-bond donors (Lipinski definition) is 4. The molecule has 2 amide bonds. The van der Waals surface area contributed by atoms with Crippen LogP contribution in [0.5, 0.6) is 0 Å². The lowest BCUT2D eigenvalue weighted by atomic mass is 10.2. The summed E-state index contributed by atoms with van der Waals surface area (Å²) >= 11 is 0.940. The van der Waals surface area contributed by atoms with Crippen LogP contribution < -0.4 is 15.8 Å². The van der Waals surface area contributed by atoms with Crippen molar-refractivity contribution < 1.29 is 27.9 Å².